The Balaban J connectivity index is 2.19. The fourth-order valence-corrected chi connectivity index (χ4v) is 2.44. The van der Waals surface area contributed by atoms with E-state index in [9.17, 15) is 9.59 Å². The van der Waals surface area contributed by atoms with Crippen LogP contribution < -0.4 is 0 Å². The molecule has 0 amide bonds. The molecule has 0 fully saturated rings. The number of nitrogens with zero attached hydrogens (tertiary/aromatic N) is 2. The highest BCUT2D eigenvalue weighted by molar-refractivity contribution is 7.00. The number of ketones is 2. The number of carbonyl (C=O) groups excluding carboxylic acids is 2. The van der Waals surface area contributed by atoms with Crippen LogP contribution in [-0.4, -0.2) is 34.0 Å². The van der Waals surface area contributed by atoms with Crippen LogP contribution in [-0.2, 0) is 0 Å². The van der Waals surface area contributed by atoms with E-state index < -0.39 is 12.1 Å². The average molecular weight is 281 g/mol. The number of hydrogen-bond donors (Lipinski definition) is 0. The third-order valence-corrected chi connectivity index (χ3v) is 3.62. The number of Topliss-reactive ketones (excluding diaryl/α,β-unsaturated/α-hetero) is 2. The first-order valence-corrected chi connectivity index (χ1v) is 5.99. The van der Waals surface area contributed by atoms with E-state index in [0.717, 1.165) is 0 Å². The van der Waals surface area contributed by atoms with Gasteiger partial charge in [-0.25, -0.2) is 0 Å². The van der Waals surface area contributed by atoms with Gasteiger partial charge in [0.05, 0.1) is 0 Å². The van der Waals surface area contributed by atoms with E-state index in [4.69, 9.17) is 23.2 Å². The molecule has 3 rings (SSSR count). The van der Waals surface area contributed by atoms with Crippen LogP contribution in [0.5, 0.6) is 0 Å². The van der Waals surface area contributed by atoms with E-state index in [1.54, 1.807) is 24.3 Å². The second-order valence-electron chi connectivity index (χ2n) is 4.00. The van der Waals surface area contributed by atoms with E-state index >= 15 is 0 Å². The number of carbonyl (C=O) groups is 2. The SMILES string of the molecule is O=C1c2ccccc2C(=O)C2N=C(Cl)C(Cl)=NC12. The molecule has 2 unspecified atom stereocenters. The van der Waals surface area contributed by atoms with Gasteiger partial charge < -0.3 is 0 Å². The number of fused-ring (bicyclic) bond motifs is 2. The Labute approximate surface area is 112 Å². The summed E-state index contributed by atoms with van der Waals surface area (Å²) in [6.45, 7) is 0. The van der Waals surface area contributed by atoms with Gasteiger partial charge >= 0.3 is 0 Å². The first kappa shape index (κ1) is 11.6. The Hall–Kier alpha value is -1.52. The van der Waals surface area contributed by atoms with Crippen LogP contribution in [0.25, 0.3) is 0 Å². The van der Waals surface area contributed by atoms with Crippen LogP contribution in [0.1, 0.15) is 20.7 Å². The van der Waals surface area contributed by atoms with Crippen LogP contribution in [0.2, 0.25) is 0 Å². The molecule has 0 saturated heterocycles. The van der Waals surface area contributed by atoms with Gasteiger partial charge in [-0.3, -0.25) is 19.6 Å². The lowest BCUT2D eigenvalue weighted by Gasteiger charge is -2.28. The van der Waals surface area contributed by atoms with Gasteiger partial charge in [0, 0.05) is 11.1 Å². The van der Waals surface area contributed by atoms with Crippen molar-refractivity contribution in [2.45, 2.75) is 12.1 Å². The van der Waals surface area contributed by atoms with Gasteiger partial charge in [0.25, 0.3) is 0 Å². The van der Waals surface area contributed by atoms with Crippen molar-refractivity contribution in [2.75, 3.05) is 0 Å². The zero-order valence-corrected chi connectivity index (χ0v) is 10.4. The van der Waals surface area contributed by atoms with Crippen molar-refractivity contribution in [2.24, 2.45) is 9.98 Å². The van der Waals surface area contributed by atoms with Gasteiger partial charge in [0.2, 0.25) is 0 Å². The van der Waals surface area contributed by atoms with E-state index in [-0.39, 0.29) is 21.9 Å². The fourth-order valence-electron chi connectivity index (χ4n) is 2.13. The summed E-state index contributed by atoms with van der Waals surface area (Å²) in [5.74, 6) is -0.498. The number of aliphatic imine (C=N–C) groups is 2. The number of halogens is 2. The maximum atomic E-state index is 12.2. The van der Waals surface area contributed by atoms with Crippen molar-refractivity contribution in [3.63, 3.8) is 0 Å². The highest BCUT2D eigenvalue weighted by Crippen LogP contribution is 2.28. The fraction of sp³-hybridized carbons (Fsp3) is 0.167. The summed E-state index contributed by atoms with van der Waals surface area (Å²) in [6, 6.07) is 4.85. The first-order valence-electron chi connectivity index (χ1n) is 5.24. The molecule has 0 N–H and O–H groups in total. The van der Waals surface area contributed by atoms with Crippen LogP contribution >= 0.6 is 23.2 Å². The van der Waals surface area contributed by atoms with Crippen LogP contribution in [0.15, 0.2) is 34.3 Å². The highest BCUT2D eigenvalue weighted by Gasteiger charge is 2.43. The topological polar surface area (TPSA) is 58.9 Å². The molecule has 18 heavy (non-hydrogen) atoms. The van der Waals surface area contributed by atoms with Gasteiger partial charge in [-0.2, -0.15) is 0 Å². The van der Waals surface area contributed by atoms with Crippen molar-refractivity contribution in [3.05, 3.63) is 35.4 Å². The molecule has 1 heterocycles. The molecular weight excluding hydrogens is 275 g/mol. The predicted octanol–water partition coefficient (Wildman–Crippen LogP) is 2.09. The number of hydrogen-bond acceptors (Lipinski definition) is 4. The summed E-state index contributed by atoms with van der Waals surface area (Å²) in [5, 5.41) is -0.0584. The van der Waals surface area contributed by atoms with E-state index in [0.29, 0.717) is 11.1 Å². The van der Waals surface area contributed by atoms with E-state index in [1.807, 2.05) is 0 Å². The molecule has 0 bridgehead atoms. The van der Waals surface area contributed by atoms with Crippen molar-refractivity contribution < 1.29 is 9.59 Å². The second-order valence-corrected chi connectivity index (χ2v) is 4.72. The number of rotatable bonds is 0. The normalized spacial score (nSPS) is 26.1. The summed E-state index contributed by atoms with van der Waals surface area (Å²) in [4.78, 5) is 32.4. The van der Waals surface area contributed by atoms with Crippen molar-refractivity contribution >= 4 is 45.1 Å². The number of benzene rings is 1. The Morgan fingerprint density at radius 2 is 1.22 bits per heavy atom. The van der Waals surface area contributed by atoms with Crippen LogP contribution in [0.4, 0.5) is 0 Å². The van der Waals surface area contributed by atoms with Crippen molar-refractivity contribution in [3.8, 4) is 0 Å². The molecule has 1 aromatic rings. The standard InChI is InChI=1S/C12H6Cl2N2O2/c13-11-12(14)16-8-7(15-11)9(17)5-3-1-2-4-6(5)10(8)18/h1-4,7-8H. The third kappa shape index (κ3) is 1.53. The summed E-state index contributed by atoms with van der Waals surface area (Å²) >= 11 is 11.5. The molecule has 2 aliphatic rings. The van der Waals surface area contributed by atoms with E-state index in [1.165, 1.54) is 0 Å². The average Bonchev–Trinajstić information content (AvgIpc) is 2.38. The molecule has 4 nitrogen and oxygen atoms in total. The zero-order chi connectivity index (χ0) is 12.9. The molecule has 0 spiro atoms. The Morgan fingerprint density at radius 3 is 1.61 bits per heavy atom. The first-order chi connectivity index (χ1) is 8.59. The van der Waals surface area contributed by atoms with E-state index in [2.05, 4.69) is 9.98 Å². The lowest BCUT2D eigenvalue weighted by atomic mass is 9.82. The molecule has 1 aliphatic heterocycles. The smallest absolute Gasteiger partial charge is 0.190 e. The zero-order valence-electron chi connectivity index (χ0n) is 8.93. The largest absolute Gasteiger partial charge is 0.292 e. The van der Waals surface area contributed by atoms with Gasteiger partial charge in [0.1, 0.15) is 12.1 Å². The Morgan fingerprint density at radius 1 is 0.833 bits per heavy atom. The predicted molar refractivity (Wildman–Crippen MR) is 69.3 cm³/mol. The molecule has 6 heteroatoms. The van der Waals surface area contributed by atoms with Gasteiger partial charge in [-0.05, 0) is 0 Å². The molecule has 90 valence electrons. The van der Waals surface area contributed by atoms with Crippen molar-refractivity contribution in [1.82, 2.24) is 0 Å². The van der Waals surface area contributed by atoms with Crippen molar-refractivity contribution in [1.29, 1.82) is 0 Å². The molecular formula is C12H6Cl2N2O2. The maximum Gasteiger partial charge on any atom is 0.190 e. The minimum absolute atomic E-state index is 0.0292. The minimum atomic E-state index is -0.887. The minimum Gasteiger partial charge on any atom is -0.292 e. The lowest BCUT2D eigenvalue weighted by molar-refractivity contribution is 0.0846. The van der Waals surface area contributed by atoms with Gasteiger partial charge in [0.15, 0.2) is 21.9 Å². The summed E-state index contributed by atoms with van der Waals surface area (Å²) in [7, 11) is 0. The molecule has 0 radical (unpaired) electrons. The molecule has 1 aliphatic carbocycles. The molecule has 0 saturated carbocycles. The third-order valence-electron chi connectivity index (χ3n) is 2.97. The highest BCUT2D eigenvalue weighted by atomic mass is 35.5. The summed E-state index contributed by atoms with van der Waals surface area (Å²) in [5.41, 5.74) is 0.732. The maximum absolute atomic E-state index is 12.2. The van der Waals surface area contributed by atoms with Gasteiger partial charge in [-0.15, -0.1) is 0 Å². The van der Waals surface area contributed by atoms with Crippen LogP contribution in [0.3, 0.4) is 0 Å². The Kier molecular flexibility index (Phi) is 2.57. The summed E-state index contributed by atoms with van der Waals surface area (Å²) < 4.78 is 0. The molecule has 1 aromatic carbocycles. The molecule has 0 aromatic heterocycles. The second kappa shape index (κ2) is 4.00. The van der Waals surface area contributed by atoms with Gasteiger partial charge in [-0.1, -0.05) is 47.5 Å². The summed E-state index contributed by atoms with van der Waals surface area (Å²) in [6.07, 6.45) is 0. The molecule has 2 atom stereocenters. The quantitative estimate of drug-likeness (QED) is 0.731. The monoisotopic (exact) mass is 280 g/mol. The van der Waals surface area contributed by atoms with Crippen LogP contribution in [0, 0.1) is 0 Å². The Bertz CT molecular complexity index is 582. The lowest BCUT2D eigenvalue weighted by Crippen LogP contribution is -2.45.